The molecule has 0 saturated carbocycles. The van der Waals surface area contributed by atoms with Crippen LogP contribution in [0.2, 0.25) is 0 Å². The molecule has 1 aromatic heterocycles. The number of oxazole rings is 1. The van der Waals surface area contributed by atoms with Gasteiger partial charge in [-0.3, -0.25) is 0 Å². The zero-order chi connectivity index (χ0) is 9.97. The Bertz CT molecular complexity index is 439. The molecule has 0 bridgehead atoms. The molecule has 3 nitrogen and oxygen atoms in total. The second-order valence-corrected chi connectivity index (χ2v) is 3.99. The fourth-order valence-electron chi connectivity index (χ4n) is 1.29. The molecule has 1 N–H and O–H groups in total. The number of nitrogens with one attached hydrogen (secondary N) is 1. The first-order chi connectivity index (χ1) is 6.79. The standard InChI is InChI=1S/C10H11BrN2O/c1-12-5-4-10-13-8-6-7(11)2-3-9(8)14-10/h2-3,6,12H,4-5H2,1H3. The van der Waals surface area contributed by atoms with Crippen LogP contribution in [-0.2, 0) is 6.42 Å². The quantitative estimate of drug-likeness (QED) is 0.914. The van der Waals surface area contributed by atoms with Gasteiger partial charge < -0.3 is 9.73 Å². The number of fused-ring (bicyclic) bond motifs is 1. The van der Waals surface area contributed by atoms with E-state index in [-0.39, 0.29) is 0 Å². The molecule has 4 heteroatoms. The van der Waals surface area contributed by atoms with E-state index in [1.165, 1.54) is 0 Å². The number of aromatic nitrogens is 1. The molecule has 0 atom stereocenters. The molecule has 2 aromatic rings. The van der Waals surface area contributed by atoms with E-state index >= 15 is 0 Å². The van der Waals surface area contributed by atoms with Crippen molar-refractivity contribution in [1.82, 2.24) is 10.3 Å². The number of benzene rings is 1. The SMILES string of the molecule is CNCCc1nc2cc(Br)ccc2o1. The van der Waals surface area contributed by atoms with Crippen LogP contribution in [0.5, 0.6) is 0 Å². The predicted molar refractivity (Wildman–Crippen MR) is 59.3 cm³/mol. The van der Waals surface area contributed by atoms with Crippen molar-refractivity contribution in [3.05, 3.63) is 28.6 Å². The Kier molecular flexibility index (Phi) is 2.84. The van der Waals surface area contributed by atoms with Crippen molar-refractivity contribution in [2.45, 2.75) is 6.42 Å². The molecular weight excluding hydrogens is 244 g/mol. The number of nitrogens with zero attached hydrogens (tertiary/aromatic N) is 1. The molecule has 1 aromatic carbocycles. The second kappa shape index (κ2) is 4.11. The maximum absolute atomic E-state index is 5.55. The van der Waals surface area contributed by atoms with Crippen LogP contribution in [0.25, 0.3) is 11.1 Å². The molecule has 0 amide bonds. The highest BCUT2D eigenvalue weighted by Crippen LogP contribution is 2.20. The van der Waals surface area contributed by atoms with Crippen molar-refractivity contribution in [2.75, 3.05) is 13.6 Å². The Morgan fingerprint density at radius 3 is 3.14 bits per heavy atom. The van der Waals surface area contributed by atoms with E-state index < -0.39 is 0 Å². The van der Waals surface area contributed by atoms with E-state index in [1.807, 2.05) is 25.2 Å². The predicted octanol–water partition coefficient (Wildman–Crippen LogP) is 2.35. The van der Waals surface area contributed by atoms with Crippen LogP contribution in [-0.4, -0.2) is 18.6 Å². The van der Waals surface area contributed by atoms with Crippen molar-refractivity contribution in [3.63, 3.8) is 0 Å². The molecule has 0 saturated heterocycles. The molecule has 2 rings (SSSR count). The Labute approximate surface area is 90.6 Å². The maximum atomic E-state index is 5.55. The maximum Gasteiger partial charge on any atom is 0.196 e. The first-order valence-electron chi connectivity index (χ1n) is 4.49. The van der Waals surface area contributed by atoms with E-state index in [0.29, 0.717) is 0 Å². The number of rotatable bonds is 3. The molecule has 0 fully saturated rings. The van der Waals surface area contributed by atoms with Crippen molar-refractivity contribution in [2.24, 2.45) is 0 Å². The summed E-state index contributed by atoms with van der Waals surface area (Å²) in [7, 11) is 1.92. The first kappa shape index (κ1) is 9.68. The summed E-state index contributed by atoms with van der Waals surface area (Å²) in [6.45, 7) is 0.883. The number of hydrogen-bond donors (Lipinski definition) is 1. The summed E-state index contributed by atoms with van der Waals surface area (Å²) in [5, 5.41) is 3.06. The fraction of sp³-hybridized carbons (Fsp3) is 0.300. The Balaban J connectivity index is 2.32. The summed E-state index contributed by atoms with van der Waals surface area (Å²) in [4.78, 5) is 4.37. The van der Waals surface area contributed by atoms with Crippen LogP contribution in [0.15, 0.2) is 27.1 Å². The minimum Gasteiger partial charge on any atom is -0.441 e. The topological polar surface area (TPSA) is 38.1 Å². The summed E-state index contributed by atoms with van der Waals surface area (Å²) in [6.07, 6.45) is 0.822. The summed E-state index contributed by atoms with van der Waals surface area (Å²) < 4.78 is 6.58. The zero-order valence-electron chi connectivity index (χ0n) is 7.88. The van der Waals surface area contributed by atoms with Crippen LogP contribution in [0.4, 0.5) is 0 Å². The van der Waals surface area contributed by atoms with Crippen molar-refractivity contribution >= 4 is 27.0 Å². The Morgan fingerprint density at radius 2 is 2.36 bits per heavy atom. The van der Waals surface area contributed by atoms with E-state index in [2.05, 4.69) is 26.2 Å². The lowest BCUT2D eigenvalue weighted by Crippen LogP contribution is -2.10. The summed E-state index contributed by atoms with van der Waals surface area (Å²) in [5.41, 5.74) is 1.75. The van der Waals surface area contributed by atoms with Gasteiger partial charge in [0.05, 0.1) is 0 Å². The molecule has 0 radical (unpaired) electrons. The smallest absolute Gasteiger partial charge is 0.196 e. The number of hydrogen-bond acceptors (Lipinski definition) is 3. The third-order valence-electron chi connectivity index (χ3n) is 1.98. The van der Waals surface area contributed by atoms with Gasteiger partial charge in [-0.15, -0.1) is 0 Å². The van der Waals surface area contributed by atoms with Gasteiger partial charge in [0.2, 0.25) is 0 Å². The summed E-state index contributed by atoms with van der Waals surface area (Å²) in [6, 6.07) is 5.84. The minimum absolute atomic E-state index is 0.785. The molecule has 0 aliphatic rings. The minimum atomic E-state index is 0.785. The Morgan fingerprint density at radius 1 is 1.50 bits per heavy atom. The normalized spacial score (nSPS) is 11.0. The average molecular weight is 255 g/mol. The first-order valence-corrected chi connectivity index (χ1v) is 5.28. The van der Waals surface area contributed by atoms with E-state index in [9.17, 15) is 0 Å². The molecule has 0 aliphatic carbocycles. The highest BCUT2D eigenvalue weighted by molar-refractivity contribution is 9.10. The zero-order valence-corrected chi connectivity index (χ0v) is 9.47. The van der Waals surface area contributed by atoms with E-state index in [1.54, 1.807) is 0 Å². The van der Waals surface area contributed by atoms with Gasteiger partial charge in [0.25, 0.3) is 0 Å². The van der Waals surface area contributed by atoms with Crippen LogP contribution in [0.1, 0.15) is 5.89 Å². The Hall–Kier alpha value is -0.870. The largest absolute Gasteiger partial charge is 0.441 e. The van der Waals surface area contributed by atoms with Crippen molar-refractivity contribution in [1.29, 1.82) is 0 Å². The van der Waals surface area contributed by atoms with Crippen molar-refractivity contribution in [3.8, 4) is 0 Å². The molecule has 1 heterocycles. The lowest BCUT2D eigenvalue weighted by Gasteiger charge is -1.91. The van der Waals surface area contributed by atoms with Gasteiger partial charge in [0, 0.05) is 17.4 Å². The van der Waals surface area contributed by atoms with Crippen LogP contribution in [0.3, 0.4) is 0 Å². The van der Waals surface area contributed by atoms with Crippen molar-refractivity contribution < 1.29 is 4.42 Å². The van der Waals surface area contributed by atoms with Gasteiger partial charge in [-0.2, -0.15) is 0 Å². The van der Waals surface area contributed by atoms with Gasteiger partial charge >= 0.3 is 0 Å². The fourth-order valence-corrected chi connectivity index (χ4v) is 1.64. The third-order valence-corrected chi connectivity index (χ3v) is 2.48. The molecule has 0 spiro atoms. The lowest BCUT2D eigenvalue weighted by atomic mass is 10.3. The average Bonchev–Trinajstić information content (AvgIpc) is 2.56. The molecule has 14 heavy (non-hydrogen) atoms. The third kappa shape index (κ3) is 1.96. The number of likely N-dealkylation sites (N-methyl/N-ethyl adjacent to an activating group) is 1. The summed E-state index contributed by atoms with van der Waals surface area (Å²) in [5.74, 6) is 0.785. The van der Waals surface area contributed by atoms with Crippen LogP contribution >= 0.6 is 15.9 Å². The van der Waals surface area contributed by atoms with Gasteiger partial charge in [-0.25, -0.2) is 4.98 Å². The molecule has 74 valence electrons. The molecule has 0 unspecified atom stereocenters. The van der Waals surface area contributed by atoms with Gasteiger partial charge in [-0.1, -0.05) is 15.9 Å². The van der Waals surface area contributed by atoms with Gasteiger partial charge in [0.15, 0.2) is 11.5 Å². The highest BCUT2D eigenvalue weighted by Gasteiger charge is 2.04. The van der Waals surface area contributed by atoms with Gasteiger partial charge in [-0.05, 0) is 25.2 Å². The monoisotopic (exact) mass is 254 g/mol. The highest BCUT2D eigenvalue weighted by atomic mass is 79.9. The summed E-state index contributed by atoms with van der Waals surface area (Å²) >= 11 is 3.40. The second-order valence-electron chi connectivity index (χ2n) is 3.07. The molecular formula is C10H11BrN2O. The lowest BCUT2D eigenvalue weighted by molar-refractivity contribution is 0.522. The molecule has 0 aliphatic heterocycles. The van der Waals surface area contributed by atoms with E-state index in [0.717, 1.165) is 34.4 Å². The van der Waals surface area contributed by atoms with E-state index in [4.69, 9.17) is 4.42 Å². The van der Waals surface area contributed by atoms with Gasteiger partial charge in [0.1, 0.15) is 5.52 Å². The van der Waals surface area contributed by atoms with Crippen LogP contribution in [0, 0.1) is 0 Å². The number of halogens is 1. The van der Waals surface area contributed by atoms with Crippen LogP contribution < -0.4 is 5.32 Å².